The fraction of sp³-hybridized carbons (Fsp3) is 0.846. The molecular weight excluding hydrogens is 216 g/mol. The molecule has 2 amide bonds. The first kappa shape index (κ1) is 14.0. The van der Waals surface area contributed by atoms with Gasteiger partial charge in [-0.1, -0.05) is 0 Å². The van der Waals surface area contributed by atoms with Gasteiger partial charge in [-0.15, -0.1) is 0 Å². The first-order valence-electron chi connectivity index (χ1n) is 6.64. The molecular formula is C13H24N2O2. The summed E-state index contributed by atoms with van der Waals surface area (Å²) >= 11 is 0. The van der Waals surface area contributed by atoms with E-state index in [0.29, 0.717) is 13.1 Å². The van der Waals surface area contributed by atoms with Gasteiger partial charge in [-0.3, -0.25) is 9.59 Å². The molecule has 1 rings (SSSR count). The van der Waals surface area contributed by atoms with Gasteiger partial charge in [0.1, 0.15) is 0 Å². The third-order valence-corrected chi connectivity index (χ3v) is 3.66. The van der Waals surface area contributed by atoms with Crippen LogP contribution in [-0.2, 0) is 9.59 Å². The van der Waals surface area contributed by atoms with Crippen LogP contribution >= 0.6 is 0 Å². The van der Waals surface area contributed by atoms with Crippen molar-refractivity contribution in [1.82, 2.24) is 9.80 Å². The summed E-state index contributed by atoms with van der Waals surface area (Å²) in [6.45, 7) is 9.05. The van der Waals surface area contributed by atoms with Crippen molar-refractivity contribution in [2.75, 3.05) is 13.1 Å². The molecule has 2 unspecified atom stereocenters. The van der Waals surface area contributed by atoms with Crippen molar-refractivity contribution in [3.05, 3.63) is 0 Å². The van der Waals surface area contributed by atoms with Crippen molar-refractivity contribution in [3.8, 4) is 0 Å². The maximum atomic E-state index is 12.2. The average molecular weight is 240 g/mol. The van der Waals surface area contributed by atoms with Crippen molar-refractivity contribution in [1.29, 1.82) is 0 Å². The topological polar surface area (TPSA) is 40.6 Å². The maximum absolute atomic E-state index is 12.2. The van der Waals surface area contributed by atoms with E-state index in [0.717, 1.165) is 19.3 Å². The third kappa shape index (κ3) is 2.99. The summed E-state index contributed by atoms with van der Waals surface area (Å²) in [7, 11) is 0. The van der Waals surface area contributed by atoms with Crippen molar-refractivity contribution in [2.24, 2.45) is 0 Å². The molecule has 98 valence electrons. The number of likely N-dealkylation sites (tertiary alicyclic amines) is 1. The van der Waals surface area contributed by atoms with E-state index in [9.17, 15) is 9.59 Å². The van der Waals surface area contributed by atoms with Gasteiger partial charge in [0.05, 0.1) is 0 Å². The maximum Gasteiger partial charge on any atom is 0.312 e. The highest BCUT2D eigenvalue weighted by atomic mass is 16.2. The molecule has 17 heavy (non-hydrogen) atoms. The van der Waals surface area contributed by atoms with Crippen LogP contribution in [0.1, 0.15) is 47.0 Å². The molecule has 1 saturated heterocycles. The van der Waals surface area contributed by atoms with Gasteiger partial charge in [0.25, 0.3) is 0 Å². The second-order valence-electron chi connectivity index (χ2n) is 4.82. The van der Waals surface area contributed by atoms with Crippen LogP contribution in [0.2, 0.25) is 0 Å². The molecule has 4 nitrogen and oxygen atoms in total. The number of carbonyl (C=O) groups excluding carboxylic acids is 2. The van der Waals surface area contributed by atoms with Gasteiger partial charge >= 0.3 is 11.8 Å². The number of nitrogens with zero attached hydrogens (tertiary/aromatic N) is 2. The van der Waals surface area contributed by atoms with Crippen LogP contribution in [0.3, 0.4) is 0 Å². The lowest BCUT2D eigenvalue weighted by molar-refractivity contribution is -0.155. The molecule has 1 aliphatic rings. The molecule has 0 aromatic carbocycles. The van der Waals surface area contributed by atoms with E-state index in [2.05, 4.69) is 0 Å². The fourth-order valence-electron chi connectivity index (χ4n) is 2.58. The van der Waals surface area contributed by atoms with Crippen molar-refractivity contribution < 1.29 is 9.59 Å². The van der Waals surface area contributed by atoms with Crippen LogP contribution in [0, 0.1) is 0 Å². The summed E-state index contributed by atoms with van der Waals surface area (Å²) < 4.78 is 0. The largest absolute Gasteiger partial charge is 0.335 e. The molecule has 0 N–H and O–H groups in total. The van der Waals surface area contributed by atoms with Gasteiger partial charge in [0.2, 0.25) is 0 Å². The Hall–Kier alpha value is -1.06. The number of carbonyl (C=O) groups is 2. The van der Waals surface area contributed by atoms with Crippen LogP contribution in [0.5, 0.6) is 0 Å². The zero-order chi connectivity index (χ0) is 13.0. The number of likely N-dealkylation sites (N-methyl/N-ethyl adjacent to an activating group) is 1. The molecule has 2 atom stereocenters. The summed E-state index contributed by atoms with van der Waals surface area (Å²) in [5.74, 6) is -0.677. The van der Waals surface area contributed by atoms with E-state index >= 15 is 0 Å². The van der Waals surface area contributed by atoms with Crippen LogP contribution in [0.4, 0.5) is 0 Å². The minimum Gasteiger partial charge on any atom is -0.335 e. The predicted octanol–water partition coefficient (Wildman–Crippen LogP) is 1.64. The lowest BCUT2D eigenvalue weighted by atomic mass is 9.97. The van der Waals surface area contributed by atoms with E-state index in [1.54, 1.807) is 9.80 Å². The molecule has 0 aromatic rings. The lowest BCUT2D eigenvalue weighted by Gasteiger charge is -2.39. The minimum absolute atomic E-state index is 0.186. The third-order valence-electron chi connectivity index (χ3n) is 3.66. The summed E-state index contributed by atoms with van der Waals surface area (Å²) in [5.41, 5.74) is 0. The number of piperidine rings is 1. The smallest absolute Gasteiger partial charge is 0.312 e. The van der Waals surface area contributed by atoms with Gasteiger partial charge in [-0.2, -0.15) is 0 Å². The monoisotopic (exact) mass is 240 g/mol. The summed E-state index contributed by atoms with van der Waals surface area (Å²) in [5, 5.41) is 0. The van der Waals surface area contributed by atoms with Crippen LogP contribution in [0.15, 0.2) is 0 Å². The van der Waals surface area contributed by atoms with Crippen LogP contribution < -0.4 is 0 Å². The summed E-state index contributed by atoms with van der Waals surface area (Å²) in [6, 6.07) is 0.372. The summed E-state index contributed by atoms with van der Waals surface area (Å²) in [4.78, 5) is 27.6. The van der Waals surface area contributed by atoms with E-state index in [-0.39, 0.29) is 23.9 Å². The number of hydrogen-bond acceptors (Lipinski definition) is 2. The molecule has 0 aliphatic carbocycles. The Morgan fingerprint density at radius 1 is 1.12 bits per heavy atom. The molecule has 1 aliphatic heterocycles. The normalized spacial score (nSPS) is 24.6. The highest BCUT2D eigenvalue weighted by molar-refractivity contribution is 6.35. The van der Waals surface area contributed by atoms with Crippen molar-refractivity contribution >= 4 is 11.8 Å². The Morgan fingerprint density at radius 2 is 1.59 bits per heavy atom. The van der Waals surface area contributed by atoms with E-state index < -0.39 is 0 Å². The van der Waals surface area contributed by atoms with Crippen molar-refractivity contribution in [2.45, 2.75) is 59.0 Å². The first-order chi connectivity index (χ1) is 8.02. The van der Waals surface area contributed by atoms with Gasteiger partial charge in [-0.05, 0) is 47.0 Å². The molecule has 0 spiro atoms. The second kappa shape index (κ2) is 6.03. The molecule has 1 heterocycles. The fourth-order valence-corrected chi connectivity index (χ4v) is 2.58. The SMILES string of the molecule is CCN(CC)C(=O)C(=O)N1C(C)CCCC1C. The van der Waals surface area contributed by atoms with Gasteiger partial charge in [0.15, 0.2) is 0 Å². The quantitative estimate of drug-likeness (QED) is 0.689. The highest BCUT2D eigenvalue weighted by Crippen LogP contribution is 2.22. The minimum atomic E-state index is -0.351. The highest BCUT2D eigenvalue weighted by Gasteiger charge is 2.34. The number of rotatable bonds is 2. The lowest BCUT2D eigenvalue weighted by Crippen LogP contribution is -2.53. The average Bonchev–Trinajstić information content (AvgIpc) is 2.30. The zero-order valence-corrected chi connectivity index (χ0v) is 11.4. The molecule has 0 bridgehead atoms. The second-order valence-corrected chi connectivity index (χ2v) is 4.82. The molecule has 0 radical (unpaired) electrons. The Bertz CT molecular complexity index is 277. The first-order valence-corrected chi connectivity index (χ1v) is 6.64. The number of hydrogen-bond donors (Lipinski definition) is 0. The van der Waals surface area contributed by atoms with Crippen molar-refractivity contribution in [3.63, 3.8) is 0 Å². The molecule has 0 saturated carbocycles. The standard InChI is InChI=1S/C13H24N2O2/c1-5-14(6-2)12(16)13(17)15-10(3)8-7-9-11(15)4/h10-11H,5-9H2,1-4H3. The van der Waals surface area contributed by atoms with Gasteiger partial charge in [-0.25, -0.2) is 0 Å². The molecule has 0 aromatic heterocycles. The predicted molar refractivity (Wildman–Crippen MR) is 67.5 cm³/mol. The zero-order valence-electron chi connectivity index (χ0n) is 11.4. The van der Waals surface area contributed by atoms with E-state index in [1.807, 2.05) is 27.7 Å². The van der Waals surface area contributed by atoms with Crippen LogP contribution in [0.25, 0.3) is 0 Å². The molecule has 4 heteroatoms. The summed E-state index contributed by atoms with van der Waals surface area (Å²) in [6.07, 6.45) is 3.15. The Labute approximate surface area is 104 Å². The Balaban J connectivity index is 2.76. The number of amides is 2. The van der Waals surface area contributed by atoms with Crippen LogP contribution in [-0.4, -0.2) is 46.8 Å². The van der Waals surface area contributed by atoms with E-state index in [4.69, 9.17) is 0 Å². The van der Waals surface area contributed by atoms with E-state index in [1.165, 1.54) is 0 Å². The Morgan fingerprint density at radius 3 is 2.00 bits per heavy atom. The van der Waals surface area contributed by atoms with Gasteiger partial charge < -0.3 is 9.80 Å². The molecule has 1 fully saturated rings. The Kier molecular flexibility index (Phi) is 4.97. The van der Waals surface area contributed by atoms with Gasteiger partial charge in [0, 0.05) is 25.2 Å².